The Hall–Kier alpha value is -1.81. The van der Waals surface area contributed by atoms with E-state index in [0.29, 0.717) is 4.90 Å². The fourth-order valence-corrected chi connectivity index (χ4v) is 8.90. The summed E-state index contributed by atoms with van der Waals surface area (Å²) in [6.45, 7) is 2.00. The molecule has 1 unspecified atom stereocenters. The number of ketones is 2. The van der Waals surface area contributed by atoms with Gasteiger partial charge in [0, 0.05) is 28.6 Å². The molecule has 0 saturated heterocycles. The zero-order valence-electron chi connectivity index (χ0n) is 15.2. The van der Waals surface area contributed by atoms with E-state index in [0.717, 1.165) is 18.4 Å². The minimum atomic E-state index is -1.51. The third-order valence-electron chi connectivity index (χ3n) is 7.88. The summed E-state index contributed by atoms with van der Waals surface area (Å²) in [5, 5.41) is 0. The molecule has 9 atom stereocenters. The van der Waals surface area contributed by atoms with Gasteiger partial charge in [-0.15, -0.1) is 0 Å². The molecular weight excluding hydrogens is 356 g/mol. The molecule has 0 heterocycles. The van der Waals surface area contributed by atoms with Gasteiger partial charge < -0.3 is 0 Å². The Labute approximate surface area is 161 Å². The molecule has 3 fully saturated rings. The maximum Gasteiger partial charge on any atom is 0.157 e. The van der Waals surface area contributed by atoms with Crippen molar-refractivity contribution in [3.05, 3.63) is 54.1 Å². The van der Waals surface area contributed by atoms with Gasteiger partial charge >= 0.3 is 0 Å². The van der Waals surface area contributed by atoms with Crippen molar-refractivity contribution < 1.29 is 13.8 Å². The standard InChI is InChI=1S/C23H22O3S/c1-12-2-8-17(9-3-12)27(26)23-16-7-6-15(11-16)20(23)21(24)18-13-4-5-14(10-13)19(18)22(23)25/h2-9,13-16,18-20H,10-11H2,1H3/t13-,14+,15-,16+,18-,19+,20+,23-,27?/m0/s1. The minimum Gasteiger partial charge on any atom is -0.299 e. The molecule has 3 nitrogen and oxygen atoms in total. The van der Waals surface area contributed by atoms with Gasteiger partial charge in [0.1, 0.15) is 10.5 Å². The fraction of sp³-hybridized carbons (Fsp3) is 0.478. The molecule has 5 aliphatic rings. The first-order valence-corrected chi connectivity index (χ1v) is 11.1. The number of Topliss-reactive ketones (excluding diaryl/α,β-unsaturated/α-hetero) is 2. The van der Waals surface area contributed by atoms with Crippen molar-refractivity contribution in [1.29, 1.82) is 0 Å². The van der Waals surface area contributed by atoms with Crippen LogP contribution >= 0.6 is 0 Å². The van der Waals surface area contributed by atoms with Gasteiger partial charge in [-0.25, -0.2) is 0 Å². The van der Waals surface area contributed by atoms with Crippen LogP contribution in [0.2, 0.25) is 0 Å². The first kappa shape index (κ1) is 16.2. The Morgan fingerprint density at radius 2 is 1.56 bits per heavy atom. The highest BCUT2D eigenvalue weighted by atomic mass is 32.2. The molecule has 4 bridgehead atoms. The lowest BCUT2D eigenvalue weighted by molar-refractivity contribution is -0.146. The molecule has 6 rings (SSSR count). The zero-order chi connectivity index (χ0) is 18.5. The van der Waals surface area contributed by atoms with Gasteiger partial charge in [0.2, 0.25) is 0 Å². The van der Waals surface area contributed by atoms with Crippen molar-refractivity contribution in [2.75, 3.05) is 0 Å². The lowest BCUT2D eigenvalue weighted by atomic mass is 9.60. The van der Waals surface area contributed by atoms with Crippen LogP contribution < -0.4 is 0 Å². The highest BCUT2D eigenvalue weighted by Gasteiger charge is 2.73. The summed E-state index contributed by atoms with van der Waals surface area (Å²) in [4.78, 5) is 28.3. The predicted molar refractivity (Wildman–Crippen MR) is 102 cm³/mol. The van der Waals surface area contributed by atoms with Crippen molar-refractivity contribution >= 4 is 22.4 Å². The smallest absolute Gasteiger partial charge is 0.157 e. The number of aryl methyl sites for hydroxylation is 1. The maximum atomic E-state index is 14.0. The maximum absolute atomic E-state index is 14.0. The fourth-order valence-electron chi connectivity index (χ4n) is 6.84. The van der Waals surface area contributed by atoms with Crippen LogP contribution in [0.1, 0.15) is 18.4 Å². The minimum absolute atomic E-state index is 0.0739. The van der Waals surface area contributed by atoms with E-state index in [1.165, 1.54) is 0 Å². The molecule has 5 aliphatic carbocycles. The lowest BCUT2D eigenvalue weighted by Crippen LogP contribution is -2.64. The average molecular weight is 378 g/mol. The molecule has 4 heteroatoms. The van der Waals surface area contributed by atoms with E-state index in [1.54, 1.807) is 0 Å². The van der Waals surface area contributed by atoms with Crippen LogP contribution in [0, 0.1) is 48.3 Å². The summed E-state index contributed by atoms with van der Waals surface area (Å²) >= 11 is 0. The number of rotatable bonds is 2. The second kappa shape index (κ2) is 5.16. The number of fused-ring (bicyclic) bond motifs is 10. The highest BCUT2D eigenvalue weighted by Crippen LogP contribution is 2.64. The Kier molecular flexibility index (Phi) is 3.09. The Bertz CT molecular complexity index is 958. The van der Waals surface area contributed by atoms with E-state index in [9.17, 15) is 13.8 Å². The van der Waals surface area contributed by atoms with Crippen LogP contribution in [0.15, 0.2) is 53.5 Å². The number of allylic oxidation sites excluding steroid dienone is 4. The van der Waals surface area contributed by atoms with Crippen LogP contribution in [0.3, 0.4) is 0 Å². The molecule has 0 aliphatic heterocycles. The molecule has 3 saturated carbocycles. The van der Waals surface area contributed by atoms with Gasteiger partial charge in [0.25, 0.3) is 0 Å². The number of benzene rings is 1. The number of hydrogen-bond donors (Lipinski definition) is 0. The van der Waals surface area contributed by atoms with Crippen LogP contribution in [0.25, 0.3) is 0 Å². The normalized spacial score (nSPS) is 46.8. The number of hydrogen-bond acceptors (Lipinski definition) is 3. The monoisotopic (exact) mass is 378 g/mol. The summed E-state index contributed by atoms with van der Waals surface area (Å²) in [5.41, 5.74) is 1.10. The summed E-state index contributed by atoms with van der Waals surface area (Å²) < 4.78 is 12.9. The van der Waals surface area contributed by atoms with Crippen molar-refractivity contribution in [3.63, 3.8) is 0 Å². The van der Waals surface area contributed by atoms with Crippen molar-refractivity contribution in [3.8, 4) is 0 Å². The quantitative estimate of drug-likeness (QED) is 0.743. The van der Waals surface area contributed by atoms with E-state index in [4.69, 9.17) is 0 Å². The van der Waals surface area contributed by atoms with Gasteiger partial charge in [0.15, 0.2) is 5.78 Å². The predicted octanol–water partition coefficient (Wildman–Crippen LogP) is 3.25. The summed E-state index contributed by atoms with van der Waals surface area (Å²) in [7, 11) is -1.51. The topological polar surface area (TPSA) is 51.2 Å². The van der Waals surface area contributed by atoms with Gasteiger partial charge in [-0.2, -0.15) is 0 Å². The third kappa shape index (κ3) is 1.76. The largest absolute Gasteiger partial charge is 0.299 e. The Balaban J connectivity index is 1.54. The molecule has 1 aromatic carbocycles. The Morgan fingerprint density at radius 3 is 2.30 bits per heavy atom. The van der Waals surface area contributed by atoms with E-state index >= 15 is 0 Å². The molecule has 27 heavy (non-hydrogen) atoms. The average Bonchev–Trinajstić information content (AvgIpc) is 3.45. The van der Waals surface area contributed by atoms with Crippen LogP contribution in [-0.4, -0.2) is 20.5 Å². The van der Waals surface area contributed by atoms with Gasteiger partial charge in [0.05, 0.1) is 10.8 Å². The first-order chi connectivity index (χ1) is 13.0. The van der Waals surface area contributed by atoms with Crippen LogP contribution in [-0.2, 0) is 20.4 Å². The molecule has 0 amide bonds. The van der Waals surface area contributed by atoms with Crippen molar-refractivity contribution in [2.24, 2.45) is 41.4 Å². The number of carbonyl (C=O) groups is 2. The summed E-state index contributed by atoms with van der Waals surface area (Å²) in [6.07, 6.45) is 10.2. The lowest BCUT2D eigenvalue weighted by Gasteiger charge is -2.48. The van der Waals surface area contributed by atoms with E-state index in [1.807, 2.05) is 31.2 Å². The van der Waals surface area contributed by atoms with Crippen molar-refractivity contribution in [1.82, 2.24) is 0 Å². The Morgan fingerprint density at radius 1 is 0.889 bits per heavy atom. The van der Waals surface area contributed by atoms with E-state index < -0.39 is 21.5 Å². The third-order valence-corrected chi connectivity index (χ3v) is 9.95. The number of carbonyl (C=O) groups excluding carboxylic acids is 2. The van der Waals surface area contributed by atoms with E-state index in [-0.39, 0.29) is 47.1 Å². The zero-order valence-corrected chi connectivity index (χ0v) is 16.0. The molecule has 0 N–H and O–H groups in total. The molecule has 1 aromatic rings. The molecule has 0 spiro atoms. The summed E-state index contributed by atoms with van der Waals surface area (Å²) in [6, 6.07) is 7.63. The highest BCUT2D eigenvalue weighted by molar-refractivity contribution is 7.87. The summed E-state index contributed by atoms with van der Waals surface area (Å²) in [5.74, 6) is -0.133. The molecular formula is C23H22O3S. The van der Waals surface area contributed by atoms with Crippen LogP contribution in [0.5, 0.6) is 0 Å². The molecule has 0 radical (unpaired) electrons. The molecule has 0 aromatic heterocycles. The van der Waals surface area contributed by atoms with Crippen molar-refractivity contribution in [2.45, 2.75) is 29.4 Å². The molecule has 138 valence electrons. The van der Waals surface area contributed by atoms with E-state index in [2.05, 4.69) is 24.3 Å². The second-order valence-corrected chi connectivity index (χ2v) is 10.7. The van der Waals surface area contributed by atoms with Crippen LogP contribution in [0.4, 0.5) is 0 Å². The van der Waals surface area contributed by atoms with Gasteiger partial charge in [-0.05, 0) is 49.7 Å². The first-order valence-electron chi connectivity index (χ1n) is 9.96. The van der Waals surface area contributed by atoms with Gasteiger partial charge in [-0.1, -0.05) is 42.0 Å². The SMILES string of the molecule is Cc1ccc(S(=O)[C@]23C(=O)[C@H]4[C@@H](C(=O)[C@H]2[C@H]2C=C[C@@H]3C2)[C@H]2C=C[C@@H]4C2)cc1. The van der Waals surface area contributed by atoms with Gasteiger partial charge in [-0.3, -0.25) is 13.8 Å². The second-order valence-electron chi connectivity index (χ2n) is 9.01.